The molecule has 0 aromatic rings. The number of likely N-dealkylation sites (N-methyl/N-ethyl adjacent to an activating group) is 1. The lowest BCUT2D eigenvalue weighted by molar-refractivity contribution is -0.885. The van der Waals surface area contributed by atoms with Crippen LogP contribution in [-0.2, 0) is 9.84 Å². The van der Waals surface area contributed by atoms with Crippen LogP contribution in [0, 0.1) is 0 Å². The molecule has 0 saturated carbocycles. The Hall–Kier alpha value is -0.130. The summed E-state index contributed by atoms with van der Waals surface area (Å²) in [6.07, 6.45) is -0.676. The van der Waals surface area contributed by atoms with Crippen LogP contribution in [0.15, 0.2) is 0 Å². The molecular weight excluding hydrogens is 166 g/mol. The molecule has 1 heterocycles. The van der Waals surface area contributed by atoms with Gasteiger partial charge in [0.2, 0.25) is 0 Å². The summed E-state index contributed by atoms with van der Waals surface area (Å²) < 4.78 is 22.0. The van der Waals surface area contributed by atoms with E-state index in [1.54, 1.807) is 0 Å². The molecule has 1 rings (SSSR count). The zero-order chi connectivity index (χ0) is 8.65. The van der Waals surface area contributed by atoms with Gasteiger partial charge in [-0.05, 0) is 0 Å². The number of hydrogen-bond donors (Lipinski definition) is 2. The summed E-state index contributed by atoms with van der Waals surface area (Å²) in [5.41, 5.74) is 0. The van der Waals surface area contributed by atoms with Crippen LogP contribution in [0.3, 0.4) is 0 Å². The van der Waals surface area contributed by atoms with E-state index in [0.717, 1.165) is 4.90 Å². The molecule has 0 aromatic carbocycles. The minimum Gasteiger partial charge on any atom is -0.386 e. The standard InChI is InChI=1S/C6H13NO3S/c1-7(2)5-3-11(9,10)4-6(5)8/h5-6,8H,3-4H2,1-2H3/p+1/t5-,6-/m0/s1. The zero-order valence-corrected chi connectivity index (χ0v) is 7.56. The van der Waals surface area contributed by atoms with Crippen LogP contribution in [-0.4, -0.2) is 51.3 Å². The van der Waals surface area contributed by atoms with E-state index < -0.39 is 15.9 Å². The average molecular weight is 180 g/mol. The second kappa shape index (κ2) is 2.73. The number of hydrogen-bond acceptors (Lipinski definition) is 3. The molecule has 1 saturated heterocycles. The van der Waals surface area contributed by atoms with Gasteiger partial charge in [0.05, 0.1) is 19.8 Å². The summed E-state index contributed by atoms with van der Waals surface area (Å²) in [6, 6.07) is -0.139. The van der Waals surface area contributed by atoms with Gasteiger partial charge in [-0.1, -0.05) is 0 Å². The molecule has 0 aliphatic carbocycles. The first-order valence-corrected chi connectivity index (χ1v) is 5.43. The van der Waals surface area contributed by atoms with Crippen molar-refractivity contribution in [1.82, 2.24) is 0 Å². The predicted molar refractivity (Wildman–Crippen MR) is 41.3 cm³/mol. The highest BCUT2D eigenvalue weighted by molar-refractivity contribution is 7.91. The van der Waals surface area contributed by atoms with Crippen LogP contribution in [0.5, 0.6) is 0 Å². The largest absolute Gasteiger partial charge is 0.386 e. The first kappa shape index (κ1) is 8.96. The van der Waals surface area contributed by atoms with E-state index in [-0.39, 0.29) is 17.5 Å². The van der Waals surface area contributed by atoms with Crippen molar-refractivity contribution in [3.8, 4) is 0 Å². The Kier molecular flexibility index (Phi) is 2.22. The first-order valence-electron chi connectivity index (χ1n) is 3.61. The smallest absolute Gasteiger partial charge is 0.159 e. The number of nitrogens with one attached hydrogen (secondary N) is 1. The number of rotatable bonds is 1. The van der Waals surface area contributed by atoms with Crippen molar-refractivity contribution < 1.29 is 18.4 Å². The van der Waals surface area contributed by atoms with Crippen molar-refractivity contribution in [1.29, 1.82) is 0 Å². The predicted octanol–water partition coefficient (Wildman–Crippen LogP) is -2.71. The lowest BCUT2D eigenvalue weighted by atomic mass is 10.2. The van der Waals surface area contributed by atoms with Gasteiger partial charge in [-0.25, -0.2) is 8.42 Å². The highest BCUT2D eigenvalue weighted by Crippen LogP contribution is 2.09. The van der Waals surface area contributed by atoms with Crippen LogP contribution in [0.4, 0.5) is 0 Å². The monoisotopic (exact) mass is 180 g/mol. The van der Waals surface area contributed by atoms with Crippen molar-refractivity contribution in [3.05, 3.63) is 0 Å². The summed E-state index contributed by atoms with van der Waals surface area (Å²) in [4.78, 5) is 0.999. The van der Waals surface area contributed by atoms with Crippen molar-refractivity contribution in [2.24, 2.45) is 0 Å². The van der Waals surface area contributed by atoms with Gasteiger partial charge in [0.1, 0.15) is 17.9 Å². The number of sulfone groups is 1. The van der Waals surface area contributed by atoms with Crippen molar-refractivity contribution in [2.75, 3.05) is 25.6 Å². The molecule has 1 aliphatic heterocycles. The van der Waals surface area contributed by atoms with Gasteiger partial charge in [-0.3, -0.25) is 0 Å². The normalized spacial score (nSPS) is 36.4. The molecule has 0 amide bonds. The van der Waals surface area contributed by atoms with E-state index in [0.29, 0.717) is 0 Å². The fraction of sp³-hybridized carbons (Fsp3) is 1.00. The molecule has 2 N–H and O–H groups in total. The Morgan fingerprint density at radius 2 is 1.91 bits per heavy atom. The molecule has 4 nitrogen and oxygen atoms in total. The molecule has 0 bridgehead atoms. The third kappa shape index (κ3) is 1.91. The van der Waals surface area contributed by atoms with Crippen LogP contribution < -0.4 is 4.90 Å². The minimum atomic E-state index is -2.96. The van der Waals surface area contributed by atoms with Gasteiger partial charge < -0.3 is 10.0 Å². The number of aliphatic hydroxyl groups is 1. The molecule has 0 aromatic heterocycles. The zero-order valence-electron chi connectivity index (χ0n) is 6.74. The second-order valence-electron chi connectivity index (χ2n) is 3.33. The highest BCUT2D eigenvalue weighted by Gasteiger charge is 2.40. The van der Waals surface area contributed by atoms with Crippen molar-refractivity contribution in [2.45, 2.75) is 12.1 Å². The van der Waals surface area contributed by atoms with E-state index in [9.17, 15) is 13.5 Å². The van der Waals surface area contributed by atoms with Gasteiger partial charge in [-0.2, -0.15) is 0 Å². The topological polar surface area (TPSA) is 58.8 Å². The van der Waals surface area contributed by atoms with E-state index in [4.69, 9.17) is 0 Å². The van der Waals surface area contributed by atoms with Gasteiger partial charge in [0.25, 0.3) is 0 Å². The molecular formula is C6H14NO3S+. The lowest BCUT2D eigenvalue weighted by Gasteiger charge is -2.17. The molecule has 66 valence electrons. The SMILES string of the molecule is C[NH+](C)[C@H]1CS(=O)(=O)C[C@@H]1O. The van der Waals surface area contributed by atoms with Crippen molar-refractivity contribution in [3.63, 3.8) is 0 Å². The maximum absolute atomic E-state index is 11.0. The maximum atomic E-state index is 11.0. The lowest BCUT2D eigenvalue weighted by Crippen LogP contribution is -3.11. The summed E-state index contributed by atoms with van der Waals surface area (Å²) in [6.45, 7) is 0. The molecule has 0 radical (unpaired) electrons. The summed E-state index contributed by atoms with van der Waals surface area (Å²) >= 11 is 0. The van der Waals surface area contributed by atoms with E-state index in [1.807, 2.05) is 14.1 Å². The Labute approximate surface area is 66.7 Å². The van der Waals surface area contributed by atoms with Gasteiger partial charge in [0.15, 0.2) is 9.84 Å². The molecule has 0 spiro atoms. The number of quaternary nitrogens is 1. The summed E-state index contributed by atoms with van der Waals surface area (Å²) in [7, 11) is 0.751. The van der Waals surface area contributed by atoms with Gasteiger partial charge in [-0.15, -0.1) is 0 Å². The maximum Gasteiger partial charge on any atom is 0.159 e. The number of aliphatic hydroxyl groups excluding tert-OH is 1. The molecule has 5 heteroatoms. The van der Waals surface area contributed by atoms with Gasteiger partial charge >= 0.3 is 0 Å². The quantitative estimate of drug-likeness (QED) is 0.461. The molecule has 11 heavy (non-hydrogen) atoms. The molecule has 1 fully saturated rings. The third-order valence-corrected chi connectivity index (χ3v) is 3.78. The van der Waals surface area contributed by atoms with Crippen molar-refractivity contribution >= 4 is 9.84 Å². The first-order chi connectivity index (χ1) is 4.92. The fourth-order valence-electron chi connectivity index (χ4n) is 1.38. The molecule has 1 aliphatic rings. The van der Waals surface area contributed by atoms with Crippen LogP contribution >= 0.6 is 0 Å². The van der Waals surface area contributed by atoms with Crippen LogP contribution in [0.1, 0.15) is 0 Å². The average Bonchev–Trinajstić information content (AvgIpc) is 2.05. The summed E-state index contributed by atoms with van der Waals surface area (Å²) in [5, 5.41) is 9.29. The van der Waals surface area contributed by atoms with Gasteiger partial charge in [0, 0.05) is 0 Å². The van der Waals surface area contributed by atoms with Crippen LogP contribution in [0.2, 0.25) is 0 Å². The van der Waals surface area contributed by atoms with E-state index in [2.05, 4.69) is 0 Å². The second-order valence-corrected chi connectivity index (χ2v) is 5.48. The Morgan fingerprint density at radius 1 is 1.36 bits per heavy atom. The Balaban J connectivity index is 2.75. The third-order valence-electron chi connectivity index (χ3n) is 2.06. The highest BCUT2D eigenvalue weighted by atomic mass is 32.2. The fourth-order valence-corrected chi connectivity index (χ4v) is 3.37. The molecule has 0 unspecified atom stereocenters. The van der Waals surface area contributed by atoms with Crippen LogP contribution in [0.25, 0.3) is 0 Å². The Bertz CT molecular complexity index is 234. The Morgan fingerprint density at radius 3 is 2.09 bits per heavy atom. The summed E-state index contributed by atoms with van der Waals surface area (Å²) in [5.74, 6) is 0.0549. The minimum absolute atomic E-state index is 0.0666. The van der Waals surface area contributed by atoms with E-state index >= 15 is 0 Å². The molecule has 2 atom stereocenters. The van der Waals surface area contributed by atoms with E-state index in [1.165, 1.54) is 0 Å².